The van der Waals surface area contributed by atoms with Gasteiger partial charge in [-0.25, -0.2) is 19.8 Å². The molecule has 40 heavy (non-hydrogen) atoms. The van der Waals surface area contributed by atoms with Gasteiger partial charge in [0.2, 0.25) is 0 Å². The Morgan fingerprint density at radius 3 is 2.05 bits per heavy atom. The quantitative estimate of drug-likeness (QED) is 0.179. The fraction of sp³-hybridized carbons (Fsp3) is 0.393. The van der Waals surface area contributed by atoms with Crippen molar-refractivity contribution in [2.24, 2.45) is 0 Å². The summed E-state index contributed by atoms with van der Waals surface area (Å²) in [6, 6.07) is 14.4. The van der Waals surface area contributed by atoms with Gasteiger partial charge >= 0.3 is 24.1 Å². The zero-order valence-corrected chi connectivity index (χ0v) is 22.6. The van der Waals surface area contributed by atoms with Crippen LogP contribution in [0.3, 0.4) is 0 Å². The van der Waals surface area contributed by atoms with Crippen LogP contribution < -0.4 is 21.5 Å². The van der Waals surface area contributed by atoms with Gasteiger partial charge in [0.15, 0.2) is 0 Å². The summed E-state index contributed by atoms with van der Waals surface area (Å²) in [5, 5.41) is 13.6. The minimum absolute atomic E-state index is 0.0273. The predicted octanol–water partition coefficient (Wildman–Crippen LogP) is 2.82. The summed E-state index contributed by atoms with van der Waals surface area (Å²) < 4.78 is 10.5. The number of alkyl carbamates (subject to hydrolysis) is 1. The Balaban J connectivity index is 1.48. The van der Waals surface area contributed by atoms with Crippen molar-refractivity contribution < 1.29 is 38.6 Å². The highest BCUT2D eigenvalue weighted by Crippen LogP contribution is 2.44. The summed E-state index contributed by atoms with van der Waals surface area (Å²) in [7, 11) is 0. The van der Waals surface area contributed by atoms with E-state index in [0.717, 1.165) is 22.3 Å². The van der Waals surface area contributed by atoms with Crippen molar-refractivity contribution in [1.29, 1.82) is 0 Å². The Labute approximate surface area is 231 Å². The van der Waals surface area contributed by atoms with Crippen LogP contribution in [0.25, 0.3) is 11.1 Å². The summed E-state index contributed by atoms with van der Waals surface area (Å²) in [4.78, 5) is 59.4. The number of amides is 4. The Bertz CT molecular complexity index is 1210. The molecule has 12 nitrogen and oxygen atoms in total. The van der Waals surface area contributed by atoms with Crippen LogP contribution in [0.1, 0.15) is 57.1 Å². The predicted molar refractivity (Wildman–Crippen MR) is 144 cm³/mol. The van der Waals surface area contributed by atoms with Gasteiger partial charge in [0.25, 0.3) is 5.91 Å². The molecule has 0 heterocycles. The molecule has 0 saturated carbocycles. The van der Waals surface area contributed by atoms with Gasteiger partial charge in [0.1, 0.15) is 18.2 Å². The lowest BCUT2D eigenvalue weighted by Crippen LogP contribution is -2.53. The van der Waals surface area contributed by atoms with Crippen molar-refractivity contribution in [2.45, 2.75) is 57.6 Å². The van der Waals surface area contributed by atoms with Crippen LogP contribution in [0.2, 0.25) is 0 Å². The molecule has 12 heteroatoms. The molecule has 1 aliphatic rings. The maximum absolute atomic E-state index is 12.6. The fourth-order valence-corrected chi connectivity index (χ4v) is 4.30. The van der Waals surface area contributed by atoms with E-state index in [2.05, 4.69) is 21.5 Å². The van der Waals surface area contributed by atoms with E-state index >= 15 is 0 Å². The average Bonchev–Trinajstić information content (AvgIpc) is 3.22. The maximum Gasteiger partial charge on any atom is 0.426 e. The first kappa shape index (κ1) is 29.9. The van der Waals surface area contributed by atoms with Crippen LogP contribution in [-0.4, -0.2) is 59.9 Å². The zero-order valence-electron chi connectivity index (χ0n) is 22.6. The Kier molecular flexibility index (Phi) is 10.1. The third-order valence-electron chi connectivity index (χ3n) is 6.04. The summed E-state index contributed by atoms with van der Waals surface area (Å²) in [6.45, 7) is 5.47. The molecular weight excluding hydrogens is 520 g/mol. The van der Waals surface area contributed by atoms with E-state index in [1.165, 1.54) is 0 Å². The van der Waals surface area contributed by atoms with Gasteiger partial charge in [-0.15, -0.1) is 0 Å². The number of hydrogen-bond acceptors (Lipinski definition) is 7. The molecule has 2 aromatic carbocycles. The minimum atomic E-state index is -1.76. The number of carbonyl (C=O) groups excluding carboxylic acids is 4. The number of aliphatic carboxylic acids is 1. The maximum atomic E-state index is 12.6. The molecule has 0 aromatic heterocycles. The van der Waals surface area contributed by atoms with Crippen LogP contribution in [0.4, 0.5) is 9.59 Å². The van der Waals surface area contributed by atoms with Crippen LogP contribution in [0.5, 0.6) is 0 Å². The number of carboxylic acids is 1. The number of ether oxygens (including phenoxy) is 2. The molecule has 214 valence electrons. The highest BCUT2D eigenvalue weighted by atomic mass is 16.6. The number of benzene rings is 2. The first-order valence-corrected chi connectivity index (χ1v) is 12.9. The van der Waals surface area contributed by atoms with Crippen molar-refractivity contribution in [3.05, 3.63) is 59.7 Å². The summed E-state index contributed by atoms with van der Waals surface area (Å²) in [5.41, 5.74) is 7.85. The Morgan fingerprint density at radius 2 is 1.48 bits per heavy atom. The van der Waals surface area contributed by atoms with Gasteiger partial charge in [0.05, 0.1) is 0 Å². The summed E-state index contributed by atoms with van der Waals surface area (Å²) in [5.74, 6) is -4.13. The monoisotopic (exact) mass is 554 g/mol. The largest absolute Gasteiger partial charge is 0.474 e. The Morgan fingerprint density at radius 1 is 0.875 bits per heavy atom. The van der Waals surface area contributed by atoms with Crippen molar-refractivity contribution in [2.75, 3.05) is 13.2 Å². The van der Waals surface area contributed by atoms with E-state index < -0.39 is 41.6 Å². The van der Waals surface area contributed by atoms with Gasteiger partial charge in [-0.2, -0.15) is 0 Å². The molecule has 5 N–H and O–H groups in total. The smallest absolute Gasteiger partial charge is 0.426 e. The number of nitrogens with one attached hydrogen (secondary N) is 4. The minimum Gasteiger partial charge on any atom is -0.474 e. The zero-order chi connectivity index (χ0) is 29.3. The van der Waals surface area contributed by atoms with E-state index in [4.69, 9.17) is 14.6 Å². The third-order valence-corrected chi connectivity index (χ3v) is 6.04. The number of carbonyl (C=O) groups is 5. The normalized spacial score (nSPS) is 12.8. The first-order chi connectivity index (χ1) is 19.0. The van der Waals surface area contributed by atoms with Crippen LogP contribution in [0, 0.1) is 0 Å². The molecule has 0 spiro atoms. The molecule has 1 atom stereocenters. The molecule has 3 rings (SSSR count). The van der Waals surface area contributed by atoms with Crippen LogP contribution in [0.15, 0.2) is 48.5 Å². The van der Waals surface area contributed by atoms with Gasteiger partial charge in [0, 0.05) is 12.5 Å². The first-order valence-electron chi connectivity index (χ1n) is 12.9. The van der Waals surface area contributed by atoms with Crippen LogP contribution in [-0.2, 0) is 23.9 Å². The fourth-order valence-electron chi connectivity index (χ4n) is 4.30. The number of hydrogen-bond donors (Lipinski definition) is 5. The van der Waals surface area contributed by atoms with E-state index in [0.29, 0.717) is 12.8 Å². The number of carboxylic acid groups (broad SMARTS) is 1. The second-order valence-corrected chi connectivity index (χ2v) is 10.2. The SMILES string of the molecule is CC(C)(C)OC(=O)NCCCC[C@@H](NC(=O)C(=O)O)C(=O)NNC(=O)OCC1c2ccccc2-c2ccccc21. The highest BCUT2D eigenvalue weighted by Gasteiger charge is 2.29. The molecule has 0 saturated heterocycles. The molecule has 0 unspecified atom stereocenters. The van der Waals surface area contributed by atoms with Gasteiger partial charge < -0.3 is 25.2 Å². The van der Waals surface area contributed by atoms with Crippen LogP contribution >= 0.6 is 0 Å². The molecule has 0 aliphatic heterocycles. The van der Waals surface area contributed by atoms with E-state index in [1.54, 1.807) is 20.8 Å². The second kappa shape index (κ2) is 13.5. The number of unbranched alkanes of at least 4 members (excludes halogenated alkanes) is 1. The van der Waals surface area contributed by atoms with Crippen molar-refractivity contribution in [3.8, 4) is 11.1 Å². The van der Waals surface area contributed by atoms with E-state index in [-0.39, 0.29) is 25.5 Å². The molecule has 0 fully saturated rings. The van der Waals surface area contributed by atoms with Gasteiger partial charge in [-0.05, 0) is 62.3 Å². The van der Waals surface area contributed by atoms with Crippen molar-refractivity contribution >= 4 is 30.0 Å². The van der Waals surface area contributed by atoms with E-state index in [9.17, 15) is 24.0 Å². The molecule has 0 bridgehead atoms. The third kappa shape index (κ3) is 8.45. The van der Waals surface area contributed by atoms with Gasteiger partial charge in [-0.3, -0.25) is 15.0 Å². The summed E-state index contributed by atoms with van der Waals surface area (Å²) in [6.07, 6.45) is -0.689. The lowest BCUT2D eigenvalue weighted by atomic mass is 9.98. The number of fused-ring (bicyclic) bond motifs is 3. The molecule has 1 aliphatic carbocycles. The Hall–Kier alpha value is -4.61. The van der Waals surface area contributed by atoms with Crippen molar-refractivity contribution in [1.82, 2.24) is 21.5 Å². The molecule has 4 amide bonds. The number of hydrazine groups is 1. The molecule has 0 radical (unpaired) electrons. The second-order valence-electron chi connectivity index (χ2n) is 10.2. The lowest BCUT2D eigenvalue weighted by molar-refractivity contribution is -0.151. The highest BCUT2D eigenvalue weighted by molar-refractivity contribution is 6.32. The lowest BCUT2D eigenvalue weighted by Gasteiger charge is -2.20. The summed E-state index contributed by atoms with van der Waals surface area (Å²) >= 11 is 0. The molecular formula is C28H34N4O8. The average molecular weight is 555 g/mol. The van der Waals surface area contributed by atoms with E-state index in [1.807, 2.05) is 48.5 Å². The molecule has 2 aromatic rings. The standard InChI is InChI=1S/C28H34N4O8/c1-28(2,3)40-26(37)29-15-9-8-14-22(30-24(34)25(35)36)23(33)31-32-27(38)39-16-21-19-12-6-4-10-17(19)18-11-5-7-13-20(18)21/h4-7,10-13,21-22H,8-9,14-16H2,1-3H3,(H,29,37)(H,30,34)(H,31,33)(H,32,38)(H,35,36)/t22-/m1/s1. The van der Waals surface area contributed by atoms with Crippen molar-refractivity contribution in [3.63, 3.8) is 0 Å². The topological polar surface area (TPSA) is 172 Å². The van der Waals surface area contributed by atoms with Gasteiger partial charge in [-0.1, -0.05) is 48.5 Å². The number of rotatable bonds is 9.